The molecule has 0 saturated heterocycles. The highest BCUT2D eigenvalue weighted by molar-refractivity contribution is 6.44. The van der Waals surface area contributed by atoms with Gasteiger partial charge in [0.1, 0.15) is 5.75 Å². The van der Waals surface area contributed by atoms with Crippen LogP contribution in [-0.2, 0) is 6.42 Å². The molecule has 1 heterocycles. The summed E-state index contributed by atoms with van der Waals surface area (Å²) in [7, 11) is 0. The summed E-state index contributed by atoms with van der Waals surface area (Å²) in [6.45, 7) is 0.548. The number of phenolic OH excluding ortho intramolecular Hbond substituents is 1. The topological polar surface area (TPSA) is 40.5 Å². The number of halogens is 2. The zero-order valence-electron chi connectivity index (χ0n) is 11.1. The highest BCUT2D eigenvalue weighted by Crippen LogP contribution is 2.37. The number of aryl methyl sites for hydroxylation is 1. The van der Waals surface area contributed by atoms with E-state index >= 15 is 0 Å². The van der Waals surface area contributed by atoms with Crippen molar-refractivity contribution in [2.45, 2.75) is 12.8 Å². The molecule has 0 bridgehead atoms. The molecule has 0 radical (unpaired) electrons. The molecule has 2 aromatic rings. The molecule has 0 unspecified atom stereocenters. The van der Waals surface area contributed by atoms with Crippen LogP contribution in [-0.4, -0.2) is 17.6 Å². The Labute approximate surface area is 132 Å². The largest absolute Gasteiger partial charge is 0.506 e. The molecule has 3 nitrogen and oxygen atoms in total. The minimum absolute atomic E-state index is 0.110. The number of para-hydroxylation sites is 1. The monoisotopic (exact) mass is 321 g/mol. The lowest BCUT2D eigenvalue weighted by atomic mass is 10.00. The lowest BCUT2D eigenvalue weighted by Gasteiger charge is -2.30. The molecule has 5 heteroatoms. The highest BCUT2D eigenvalue weighted by atomic mass is 35.5. The zero-order chi connectivity index (χ0) is 15.0. The summed E-state index contributed by atoms with van der Waals surface area (Å²) in [6, 6.07) is 10.3. The van der Waals surface area contributed by atoms with E-state index in [4.69, 9.17) is 23.2 Å². The van der Waals surface area contributed by atoms with Gasteiger partial charge in [-0.3, -0.25) is 4.79 Å². The van der Waals surface area contributed by atoms with E-state index in [1.807, 2.05) is 6.07 Å². The number of aromatic hydroxyl groups is 1. The molecule has 1 aliphatic heterocycles. The van der Waals surface area contributed by atoms with E-state index in [2.05, 4.69) is 0 Å². The summed E-state index contributed by atoms with van der Waals surface area (Å²) in [5.41, 5.74) is 1.89. The number of nitrogens with zero attached hydrogens (tertiary/aromatic N) is 1. The smallest absolute Gasteiger partial charge is 0.259 e. The SMILES string of the molecule is O=C(c1cccc(Cl)c1Cl)N1CCCc2cccc(O)c21. The van der Waals surface area contributed by atoms with E-state index in [0.29, 0.717) is 22.8 Å². The summed E-state index contributed by atoms with van der Waals surface area (Å²) in [5.74, 6) is -0.136. The molecular weight excluding hydrogens is 309 g/mol. The summed E-state index contributed by atoms with van der Waals surface area (Å²) in [4.78, 5) is 14.3. The van der Waals surface area contributed by atoms with Crippen molar-refractivity contribution < 1.29 is 9.90 Å². The second-order valence-electron chi connectivity index (χ2n) is 4.95. The average Bonchev–Trinajstić information content (AvgIpc) is 2.49. The Morgan fingerprint density at radius 2 is 1.90 bits per heavy atom. The van der Waals surface area contributed by atoms with E-state index in [0.717, 1.165) is 18.4 Å². The van der Waals surface area contributed by atoms with E-state index < -0.39 is 0 Å². The van der Waals surface area contributed by atoms with Crippen molar-refractivity contribution in [1.82, 2.24) is 0 Å². The number of carbonyl (C=O) groups is 1. The Balaban J connectivity index is 2.07. The van der Waals surface area contributed by atoms with Gasteiger partial charge >= 0.3 is 0 Å². The molecule has 0 fully saturated rings. The van der Waals surface area contributed by atoms with E-state index in [1.54, 1.807) is 35.2 Å². The fourth-order valence-electron chi connectivity index (χ4n) is 2.65. The maximum Gasteiger partial charge on any atom is 0.259 e. The lowest BCUT2D eigenvalue weighted by Crippen LogP contribution is -2.35. The first-order valence-corrected chi connectivity index (χ1v) is 7.42. The average molecular weight is 322 g/mol. The predicted octanol–water partition coefficient (Wildman–Crippen LogP) is 4.29. The number of benzene rings is 2. The van der Waals surface area contributed by atoms with Gasteiger partial charge in [-0.25, -0.2) is 0 Å². The molecule has 21 heavy (non-hydrogen) atoms. The molecule has 108 valence electrons. The number of phenols is 1. The van der Waals surface area contributed by atoms with Crippen LogP contribution in [0.4, 0.5) is 5.69 Å². The second-order valence-corrected chi connectivity index (χ2v) is 5.73. The van der Waals surface area contributed by atoms with Crippen LogP contribution in [0.15, 0.2) is 36.4 Å². The third-order valence-corrected chi connectivity index (χ3v) is 4.44. The van der Waals surface area contributed by atoms with Crippen molar-refractivity contribution in [1.29, 1.82) is 0 Å². The molecule has 0 aliphatic carbocycles. The normalized spacial score (nSPS) is 13.9. The molecule has 0 atom stereocenters. The minimum atomic E-state index is -0.245. The molecule has 3 rings (SSSR count). The summed E-state index contributed by atoms with van der Waals surface area (Å²) >= 11 is 12.1. The summed E-state index contributed by atoms with van der Waals surface area (Å²) < 4.78 is 0. The van der Waals surface area contributed by atoms with Gasteiger partial charge in [-0.1, -0.05) is 41.4 Å². The van der Waals surface area contributed by atoms with Crippen LogP contribution in [0.2, 0.25) is 10.0 Å². The van der Waals surface area contributed by atoms with Gasteiger partial charge in [-0.05, 0) is 36.6 Å². The van der Waals surface area contributed by atoms with Gasteiger partial charge in [0.05, 0.1) is 21.3 Å². The minimum Gasteiger partial charge on any atom is -0.506 e. The van der Waals surface area contributed by atoms with Crippen molar-refractivity contribution in [3.05, 3.63) is 57.6 Å². The van der Waals surface area contributed by atoms with Crippen LogP contribution >= 0.6 is 23.2 Å². The maximum absolute atomic E-state index is 12.8. The quantitative estimate of drug-likeness (QED) is 0.851. The number of amides is 1. The molecule has 1 aliphatic rings. The van der Waals surface area contributed by atoms with Crippen LogP contribution in [0, 0.1) is 0 Å². The van der Waals surface area contributed by atoms with Crippen LogP contribution < -0.4 is 4.90 Å². The third-order valence-electron chi connectivity index (χ3n) is 3.62. The molecule has 1 N–H and O–H groups in total. The zero-order valence-corrected chi connectivity index (χ0v) is 12.7. The van der Waals surface area contributed by atoms with Crippen molar-refractivity contribution in [3.63, 3.8) is 0 Å². The summed E-state index contributed by atoms with van der Waals surface area (Å²) in [6.07, 6.45) is 1.69. The highest BCUT2D eigenvalue weighted by Gasteiger charge is 2.27. The number of fused-ring (bicyclic) bond motifs is 1. The number of hydrogen-bond donors (Lipinski definition) is 1. The Morgan fingerprint density at radius 3 is 2.71 bits per heavy atom. The fourth-order valence-corrected chi connectivity index (χ4v) is 3.03. The van der Waals surface area contributed by atoms with Crippen LogP contribution in [0.5, 0.6) is 5.75 Å². The number of hydrogen-bond acceptors (Lipinski definition) is 2. The predicted molar refractivity (Wildman–Crippen MR) is 84.6 cm³/mol. The first kappa shape index (κ1) is 14.2. The van der Waals surface area contributed by atoms with E-state index in [1.165, 1.54) is 0 Å². The van der Waals surface area contributed by atoms with E-state index in [-0.39, 0.29) is 16.7 Å². The Morgan fingerprint density at radius 1 is 1.14 bits per heavy atom. The van der Waals surface area contributed by atoms with Gasteiger partial charge in [0.2, 0.25) is 0 Å². The Bertz CT molecular complexity index is 715. The number of rotatable bonds is 1. The first-order valence-electron chi connectivity index (χ1n) is 6.66. The van der Waals surface area contributed by atoms with Gasteiger partial charge < -0.3 is 10.0 Å². The number of anilines is 1. The lowest BCUT2D eigenvalue weighted by molar-refractivity contribution is 0.0984. The first-order chi connectivity index (χ1) is 10.1. The van der Waals surface area contributed by atoms with Gasteiger partial charge in [0.25, 0.3) is 5.91 Å². The van der Waals surface area contributed by atoms with Gasteiger partial charge in [0, 0.05) is 6.54 Å². The maximum atomic E-state index is 12.8. The molecule has 0 spiro atoms. The third kappa shape index (κ3) is 2.47. The van der Waals surface area contributed by atoms with Crippen molar-refractivity contribution in [2.75, 3.05) is 11.4 Å². The fraction of sp³-hybridized carbons (Fsp3) is 0.188. The van der Waals surface area contributed by atoms with E-state index in [9.17, 15) is 9.90 Å². The standard InChI is InChI=1S/C16H13Cl2NO2/c17-12-7-2-6-11(14(12)18)16(21)19-9-3-5-10-4-1-8-13(20)15(10)19/h1-2,4,6-8,20H,3,5,9H2. The van der Waals surface area contributed by atoms with Crippen molar-refractivity contribution >= 4 is 34.8 Å². The molecule has 0 saturated carbocycles. The summed E-state index contributed by atoms with van der Waals surface area (Å²) in [5, 5.41) is 10.7. The van der Waals surface area contributed by atoms with Gasteiger partial charge in [0.15, 0.2) is 0 Å². The van der Waals surface area contributed by atoms with Gasteiger partial charge in [-0.2, -0.15) is 0 Å². The van der Waals surface area contributed by atoms with Crippen LogP contribution in [0.3, 0.4) is 0 Å². The molecule has 2 aromatic carbocycles. The van der Waals surface area contributed by atoms with Crippen molar-refractivity contribution in [2.24, 2.45) is 0 Å². The van der Waals surface area contributed by atoms with Crippen LogP contribution in [0.25, 0.3) is 0 Å². The molecular formula is C16H13Cl2NO2. The van der Waals surface area contributed by atoms with Gasteiger partial charge in [-0.15, -0.1) is 0 Å². The van der Waals surface area contributed by atoms with Crippen LogP contribution in [0.1, 0.15) is 22.3 Å². The molecule has 1 amide bonds. The van der Waals surface area contributed by atoms with Crippen molar-refractivity contribution in [3.8, 4) is 5.75 Å². The molecule has 0 aromatic heterocycles. The Kier molecular flexibility index (Phi) is 3.79. The Hall–Kier alpha value is -1.71. The number of carbonyl (C=O) groups excluding carboxylic acids is 1. The second kappa shape index (κ2) is 5.58.